The van der Waals surface area contributed by atoms with Crippen molar-refractivity contribution in [3.63, 3.8) is 0 Å². The van der Waals surface area contributed by atoms with Crippen LogP contribution in [-0.4, -0.2) is 30.1 Å². The average molecular weight is 530 g/mol. The Morgan fingerprint density at radius 2 is 1.76 bits per heavy atom. The fourth-order valence-corrected chi connectivity index (χ4v) is 3.17. The van der Waals surface area contributed by atoms with Crippen LogP contribution in [0, 0.1) is 10.1 Å². The summed E-state index contributed by atoms with van der Waals surface area (Å²) < 4.78 is 49.3. The predicted octanol–water partition coefficient (Wildman–Crippen LogP) is 4.68. The zero-order chi connectivity index (χ0) is 27.7. The largest absolute Gasteiger partial charge is 0.493 e. The number of nitro benzene ring substituents is 1. The number of nitro groups is 1. The topological polar surface area (TPSA) is 132 Å². The Labute approximate surface area is 214 Å². The van der Waals surface area contributed by atoms with Gasteiger partial charge in [0.05, 0.1) is 35.4 Å². The molecular formula is C25H21F3N4O6. The molecule has 2 amide bonds. The maximum absolute atomic E-state index is 12.8. The van der Waals surface area contributed by atoms with Crippen molar-refractivity contribution in [1.29, 1.82) is 0 Å². The van der Waals surface area contributed by atoms with Crippen molar-refractivity contribution in [3.05, 3.63) is 93.5 Å². The quantitative estimate of drug-likeness (QED) is 0.169. The van der Waals surface area contributed by atoms with Gasteiger partial charge >= 0.3 is 6.18 Å². The minimum Gasteiger partial charge on any atom is -0.493 e. The first kappa shape index (κ1) is 27.6. The lowest BCUT2D eigenvalue weighted by Crippen LogP contribution is -2.24. The molecule has 0 radical (unpaired) electrons. The van der Waals surface area contributed by atoms with Crippen LogP contribution in [0.1, 0.15) is 23.1 Å². The molecular weight excluding hydrogens is 509 g/mol. The highest BCUT2D eigenvalue weighted by molar-refractivity contribution is 6.03. The minimum atomic E-state index is -4.59. The molecule has 0 spiro atoms. The second kappa shape index (κ2) is 12.3. The van der Waals surface area contributed by atoms with E-state index >= 15 is 0 Å². The Kier molecular flexibility index (Phi) is 8.98. The van der Waals surface area contributed by atoms with E-state index in [9.17, 15) is 32.9 Å². The summed E-state index contributed by atoms with van der Waals surface area (Å²) in [7, 11) is 1.35. The smallest absolute Gasteiger partial charge is 0.416 e. The number of rotatable bonds is 10. The number of benzene rings is 3. The van der Waals surface area contributed by atoms with E-state index < -0.39 is 34.9 Å². The van der Waals surface area contributed by atoms with Gasteiger partial charge in [0, 0.05) is 5.69 Å². The number of nitrogens with zero attached hydrogens (tertiary/aromatic N) is 2. The molecule has 0 bridgehead atoms. The molecule has 0 aliphatic rings. The van der Waals surface area contributed by atoms with Crippen molar-refractivity contribution in [1.82, 2.24) is 5.43 Å². The highest BCUT2D eigenvalue weighted by atomic mass is 19.4. The van der Waals surface area contributed by atoms with Gasteiger partial charge in [-0.3, -0.25) is 19.7 Å². The van der Waals surface area contributed by atoms with Gasteiger partial charge in [0.15, 0.2) is 11.5 Å². The fourth-order valence-electron chi connectivity index (χ4n) is 3.17. The SMILES string of the molecule is COc1cc(C=NNC(=O)CC(=O)Nc2cccc(C(F)(F)F)c2)c([N+](=O)[O-])cc1OCc1ccccc1. The summed E-state index contributed by atoms with van der Waals surface area (Å²) in [6.07, 6.45) is -4.36. The van der Waals surface area contributed by atoms with Gasteiger partial charge in [-0.05, 0) is 29.8 Å². The Morgan fingerprint density at radius 3 is 2.42 bits per heavy atom. The summed E-state index contributed by atoms with van der Waals surface area (Å²) >= 11 is 0. The van der Waals surface area contributed by atoms with Gasteiger partial charge in [0.1, 0.15) is 13.0 Å². The van der Waals surface area contributed by atoms with Gasteiger partial charge in [0.2, 0.25) is 11.8 Å². The first-order valence-corrected chi connectivity index (χ1v) is 10.9. The van der Waals surface area contributed by atoms with Crippen molar-refractivity contribution in [3.8, 4) is 11.5 Å². The third-order valence-electron chi connectivity index (χ3n) is 4.93. The van der Waals surface area contributed by atoms with Crippen molar-refractivity contribution in [2.75, 3.05) is 12.4 Å². The lowest BCUT2D eigenvalue weighted by Gasteiger charge is -2.12. The van der Waals surface area contributed by atoms with E-state index in [1.165, 1.54) is 19.2 Å². The van der Waals surface area contributed by atoms with Crippen LogP contribution in [0.5, 0.6) is 11.5 Å². The minimum absolute atomic E-state index is 0.0207. The lowest BCUT2D eigenvalue weighted by atomic mass is 10.1. The maximum atomic E-state index is 12.8. The maximum Gasteiger partial charge on any atom is 0.416 e. The number of halogens is 3. The number of alkyl halides is 3. The van der Waals surface area contributed by atoms with Gasteiger partial charge in [-0.1, -0.05) is 36.4 Å². The molecule has 38 heavy (non-hydrogen) atoms. The summed E-state index contributed by atoms with van der Waals surface area (Å²) in [6, 6.07) is 15.5. The molecule has 0 saturated heterocycles. The Bertz CT molecular complexity index is 1350. The number of methoxy groups -OCH3 is 1. The molecule has 13 heteroatoms. The molecule has 3 rings (SSSR count). The molecule has 10 nitrogen and oxygen atoms in total. The standard InChI is InChI=1S/C25H21F3N4O6/c1-37-21-10-17(20(32(35)36)12-22(21)38-15-16-6-3-2-4-7-16)14-29-31-24(34)13-23(33)30-19-9-5-8-18(11-19)25(26,27)28/h2-12,14H,13,15H2,1H3,(H,30,33)(H,31,34). The number of nitrogens with one attached hydrogen (secondary N) is 2. The monoisotopic (exact) mass is 530 g/mol. The number of hydrazone groups is 1. The molecule has 0 atom stereocenters. The van der Waals surface area contributed by atoms with Crippen LogP contribution < -0.4 is 20.2 Å². The number of carbonyl (C=O) groups is 2. The van der Waals surface area contributed by atoms with Crippen LogP contribution in [0.3, 0.4) is 0 Å². The second-order valence-electron chi connectivity index (χ2n) is 7.69. The van der Waals surface area contributed by atoms with E-state index in [1.54, 1.807) is 0 Å². The molecule has 0 fully saturated rings. The third-order valence-corrected chi connectivity index (χ3v) is 4.93. The first-order chi connectivity index (χ1) is 18.1. The Morgan fingerprint density at radius 1 is 1.03 bits per heavy atom. The zero-order valence-corrected chi connectivity index (χ0v) is 19.8. The average Bonchev–Trinajstić information content (AvgIpc) is 2.87. The summed E-state index contributed by atoms with van der Waals surface area (Å²) in [5, 5.41) is 17.4. The van der Waals surface area contributed by atoms with E-state index in [2.05, 4.69) is 10.4 Å². The van der Waals surface area contributed by atoms with Gasteiger partial charge in [0.25, 0.3) is 5.69 Å². The van der Waals surface area contributed by atoms with Crippen LogP contribution in [0.15, 0.2) is 71.8 Å². The fraction of sp³-hybridized carbons (Fsp3) is 0.160. The Balaban J connectivity index is 1.64. The van der Waals surface area contributed by atoms with Crippen molar-refractivity contribution >= 4 is 29.4 Å². The molecule has 0 unspecified atom stereocenters. The molecule has 3 aromatic rings. The predicted molar refractivity (Wildman–Crippen MR) is 131 cm³/mol. The van der Waals surface area contributed by atoms with Crippen LogP contribution in [-0.2, 0) is 22.4 Å². The van der Waals surface area contributed by atoms with E-state index in [1.807, 2.05) is 35.8 Å². The molecule has 0 heterocycles. The van der Waals surface area contributed by atoms with Crippen molar-refractivity contribution in [2.45, 2.75) is 19.2 Å². The van der Waals surface area contributed by atoms with Gasteiger partial charge in [-0.2, -0.15) is 18.3 Å². The number of anilines is 1. The summed E-state index contributed by atoms with van der Waals surface area (Å²) in [5.41, 5.74) is 1.38. The van der Waals surface area contributed by atoms with Crippen LogP contribution >= 0.6 is 0 Å². The van der Waals surface area contributed by atoms with Crippen LogP contribution in [0.2, 0.25) is 0 Å². The highest BCUT2D eigenvalue weighted by Crippen LogP contribution is 2.34. The van der Waals surface area contributed by atoms with E-state index in [0.717, 1.165) is 36.0 Å². The summed E-state index contributed by atoms with van der Waals surface area (Å²) in [5.74, 6) is -1.48. The second-order valence-corrected chi connectivity index (χ2v) is 7.69. The number of hydrogen-bond donors (Lipinski definition) is 2. The lowest BCUT2D eigenvalue weighted by molar-refractivity contribution is -0.385. The number of ether oxygens (including phenoxy) is 2. The zero-order valence-electron chi connectivity index (χ0n) is 19.8. The Hall–Kier alpha value is -4.94. The number of hydrogen-bond acceptors (Lipinski definition) is 7. The molecule has 198 valence electrons. The van der Waals surface area contributed by atoms with Crippen LogP contribution in [0.4, 0.5) is 24.5 Å². The molecule has 0 aliphatic heterocycles. The number of amides is 2. The van der Waals surface area contributed by atoms with Gasteiger partial charge in [-0.25, -0.2) is 5.43 Å². The summed E-state index contributed by atoms with van der Waals surface area (Å²) in [6.45, 7) is 0.139. The number of carbonyl (C=O) groups excluding carboxylic acids is 2. The third kappa shape index (κ3) is 7.78. The van der Waals surface area contributed by atoms with Crippen LogP contribution in [0.25, 0.3) is 0 Å². The molecule has 0 aliphatic carbocycles. The van der Waals surface area contributed by atoms with Crippen molar-refractivity contribution in [2.24, 2.45) is 5.10 Å². The van der Waals surface area contributed by atoms with E-state index in [0.29, 0.717) is 0 Å². The molecule has 3 aromatic carbocycles. The first-order valence-electron chi connectivity index (χ1n) is 10.9. The van der Waals surface area contributed by atoms with E-state index in [4.69, 9.17) is 9.47 Å². The molecule has 0 saturated carbocycles. The molecule has 0 aromatic heterocycles. The summed E-state index contributed by atoms with van der Waals surface area (Å²) in [4.78, 5) is 35.0. The normalized spacial score (nSPS) is 11.2. The van der Waals surface area contributed by atoms with Crippen molar-refractivity contribution < 1.29 is 37.2 Å². The van der Waals surface area contributed by atoms with Gasteiger partial charge in [-0.15, -0.1) is 0 Å². The van der Waals surface area contributed by atoms with E-state index in [-0.39, 0.29) is 35.0 Å². The molecule has 2 N–H and O–H groups in total. The highest BCUT2D eigenvalue weighted by Gasteiger charge is 2.30. The van der Waals surface area contributed by atoms with Gasteiger partial charge < -0.3 is 14.8 Å².